The van der Waals surface area contributed by atoms with Crippen molar-refractivity contribution in [2.24, 2.45) is 5.92 Å². The van der Waals surface area contributed by atoms with Gasteiger partial charge in [0.1, 0.15) is 5.82 Å². The highest BCUT2D eigenvalue weighted by molar-refractivity contribution is 5.96. The first-order valence-electron chi connectivity index (χ1n) is 8.69. The highest BCUT2D eigenvalue weighted by Crippen LogP contribution is 2.19. The van der Waals surface area contributed by atoms with Gasteiger partial charge in [0.25, 0.3) is 0 Å². The van der Waals surface area contributed by atoms with E-state index in [1.807, 2.05) is 4.90 Å². The van der Waals surface area contributed by atoms with E-state index >= 15 is 0 Å². The van der Waals surface area contributed by atoms with Crippen molar-refractivity contribution < 1.29 is 18.8 Å². The fourth-order valence-electron chi connectivity index (χ4n) is 2.93. The number of amides is 4. The molecule has 1 aliphatic heterocycles. The predicted octanol–water partition coefficient (Wildman–Crippen LogP) is 0.998. The second-order valence-corrected chi connectivity index (χ2v) is 6.40. The van der Waals surface area contributed by atoms with Crippen LogP contribution in [0.1, 0.15) is 25.3 Å². The summed E-state index contributed by atoms with van der Waals surface area (Å²) < 4.78 is 12.9. The summed E-state index contributed by atoms with van der Waals surface area (Å²) in [7, 11) is 1.45. The molecular formula is C18H25FN4O3. The fraction of sp³-hybridized carbons (Fsp3) is 0.500. The van der Waals surface area contributed by atoms with Crippen molar-refractivity contribution in [1.29, 1.82) is 0 Å². The van der Waals surface area contributed by atoms with Gasteiger partial charge in [-0.15, -0.1) is 0 Å². The molecule has 26 heavy (non-hydrogen) atoms. The summed E-state index contributed by atoms with van der Waals surface area (Å²) in [4.78, 5) is 37.5. The number of imide groups is 1. The summed E-state index contributed by atoms with van der Waals surface area (Å²) in [5, 5.41) is 7.49. The first-order chi connectivity index (χ1) is 12.4. The maximum Gasteiger partial charge on any atom is 0.321 e. The summed E-state index contributed by atoms with van der Waals surface area (Å²) >= 11 is 0. The van der Waals surface area contributed by atoms with Crippen molar-refractivity contribution in [3.63, 3.8) is 0 Å². The van der Waals surface area contributed by atoms with Crippen molar-refractivity contribution in [3.05, 3.63) is 35.6 Å². The van der Waals surface area contributed by atoms with Gasteiger partial charge in [-0.05, 0) is 50.6 Å². The average molecular weight is 364 g/mol. The van der Waals surface area contributed by atoms with Gasteiger partial charge in [-0.3, -0.25) is 19.8 Å². The van der Waals surface area contributed by atoms with Gasteiger partial charge in [-0.25, -0.2) is 9.18 Å². The first kappa shape index (κ1) is 19.8. The highest BCUT2D eigenvalue weighted by atomic mass is 19.1. The molecule has 1 aromatic rings. The molecule has 142 valence electrons. The van der Waals surface area contributed by atoms with Crippen LogP contribution in [0.3, 0.4) is 0 Å². The van der Waals surface area contributed by atoms with Crippen LogP contribution >= 0.6 is 0 Å². The molecule has 7 nitrogen and oxygen atoms in total. The standard InChI is InChI=1S/C18H25FN4O3/c1-12(16(24)22-18(26)20-2)23-9-7-14(8-10-23)17(25)21-11-13-3-5-15(19)6-4-13/h3-6,12,14H,7-11H2,1-2H3,(H,21,25)(H2,20,22,24,26). The Bertz CT molecular complexity index is 642. The van der Waals surface area contributed by atoms with Gasteiger partial charge in [0.15, 0.2) is 0 Å². The molecule has 0 aromatic heterocycles. The number of hydrogen-bond donors (Lipinski definition) is 3. The van der Waals surface area contributed by atoms with E-state index in [4.69, 9.17) is 0 Å². The number of carbonyl (C=O) groups excluding carboxylic acids is 3. The maximum absolute atomic E-state index is 12.9. The SMILES string of the molecule is CNC(=O)NC(=O)C(C)N1CCC(C(=O)NCc2ccc(F)cc2)CC1. The smallest absolute Gasteiger partial charge is 0.321 e. The van der Waals surface area contributed by atoms with E-state index in [0.717, 1.165) is 5.56 Å². The van der Waals surface area contributed by atoms with Crippen LogP contribution in [0, 0.1) is 11.7 Å². The Morgan fingerprint density at radius 2 is 1.81 bits per heavy atom. The third-order valence-corrected chi connectivity index (χ3v) is 4.67. The van der Waals surface area contributed by atoms with Crippen LogP contribution in [0.5, 0.6) is 0 Å². The number of nitrogens with zero attached hydrogens (tertiary/aromatic N) is 1. The quantitative estimate of drug-likeness (QED) is 0.727. The Kier molecular flexibility index (Phi) is 7.08. The summed E-state index contributed by atoms with van der Waals surface area (Å²) in [5.41, 5.74) is 0.844. The zero-order valence-electron chi connectivity index (χ0n) is 15.0. The Hall–Kier alpha value is -2.48. The van der Waals surface area contributed by atoms with E-state index in [2.05, 4.69) is 16.0 Å². The Morgan fingerprint density at radius 3 is 2.38 bits per heavy atom. The minimum atomic E-state index is -0.531. The van der Waals surface area contributed by atoms with Crippen LogP contribution in [0.2, 0.25) is 0 Å². The third-order valence-electron chi connectivity index (χ3n) is 4.67. The van der Waals surface area contributed by atoms with Gasteiger partial charge >= 0.3 is 6.03 Å². The Balaban J connectivity index is 1.76. The van der Waals surface area contributed by atoms with Crippen molar-refractivity contribution in [2.45, 2.75) is 32.4 Å². The van der Waals surface area contributed by atoms with Crippen LogP contribution in [-0.2, 0) is 16.1 Å². The molecule has 4 amide bonds. The van der Waals surface area contributed by atoms with Gasteiger partial charge < -0.3 is 10.6 Å². The van der Waals surface area contributed by atoms with Crippen molar-refractivity contribution in [1.82, 2.24) is 20.9 Å². The van der Waals surface area contributed by atoms with Crippen LogP contribution < -0.4 is 16.0 Å². The molecule has 3 N–H and O–H groups in total. The molecule has 1 heterocycles. The van der Waals surface area contributed by atoms with Crippen molar-refractivity contribution in [2.75, 3.05) is 20.1 Å². The predicted molar refractivity (Wildman–Crippen MR) is 94.6 cm³/mol. The lowest BCUT2D eigenvalue weighted by atomic mass is 9.95. The van der Waals surface area contributed by atoms with E-state index in [1.165, 1.54) is 19.2 Å². The number of urea groups is 1. The molecule has 0 aliphatic carbocycles. The zero-order chi connectivity index (χ0) is 19.1. The van der Waals surface area contributed by atoms with E-state index in [-0.39, 0.29) is 23.5 Å². The molecule has 0 saturated carbocycles. The van der Waals surface area contributed by atoms with Crippen LogP contribution in [0.25, 0.3) is 0 Å². The fourth-order valence-corrected chi connectivity index (χ4v) is 2.93. The summed E-state index contributed by atoms with van der Waals surface area (Å²) in [5.74, 6) is -0.803. The lowest BCUT2D eigenvalue weighted by molar-refractivity contribution is -0.128. The lowest BCUT2D eigenvalue weighted by Crippen LogP contribution is -2.52. The van der Waals surface area contributed by atoms with Crippen molar-refractivity contribution >= 4 is 17.8 Å². The molecule has 0 spiro atoms. The average Bonchev–Trinajstić information content (AvgIpc) is 2.66. The number of nitrogens with one attached hydrogen (secondary N) is 3. The molecule has 1 aliphatic rings. The second kappa shape index (κ2) is 9.28. The summed E-state index contributed by atoms with van der Waals surface area (Å²) in [6.07, 6.45) is 1.29. The van der Waals surface area contributed by atoms with E-state index in [1.54, 1.807) is 19.1 Å². The topological polar surface area (TPSA) is 90.5 Å². The van der Waals surface area contributed by atoms with Gasteiger partial charge in [0.05, 0.1) is 6.04 Å². The molecule has 8 heteroatoms. The van der Waals surface area contributed by atoms with Crippen LogP contribution in [0.15, 0.2) is 24.3 Å². The molecule has 1 saturated heterocycles. The second-order valence-electron chi connectivity index (χ2n) is 6.40. The monoisotopic (exact) mass is 364 g/mol. The van der Waals surface area contributed by atoms with Crippen molar-refractivity contribution in [3.8, 4) is 0 Å². The van der Waals surface area contributed by atoms with Gasteiger partial charge in [0, 0.05) is 19.5 Å². The molecule has 0 radical (unpaired) electrons. The van der Waals surface area contributed by atoms with Gasteiger partial charge in [-0.2, -0.15) is 0 Å². The minimum absolute atomic E-state index is 0.0311. The molecule has 0 bridgehead atoms. The molecular weight excluding hydrogens is 339 g/mol. The number of carbonyl (C=O) groups is 3. The number of benzene rings is 1. The third kappa shape index (κ3) is 5.52. The van der Waals surface area contributed by atoms with Crippen LogP contribution in [0.4, 0.5) is 9.18 Å². The number of hydrogen-bond acceptors (Lipinski definition) is 4. The van der Waals surface area contributed by atoms with Gasteiger partial charge in [-0.1, -0.05) is 12.1 Å². The summed E-state index contributed by atoms with van der Waals surface area (Å²) in [6.45, 7) is 3.32. The minimum Gasteiger partial charge on any atom is -0.352 e. The Morgan fingerprint density at radius 1 is 1.19 bits per heavy atom. The molecule has 1 unspecified atom stereocenters. The largest absolute Gasteiger partial charge is 0.352 e. The molecule has 2 rings (SSSR count). The number of halogens is 1. The van der Waals surface area contributed by atoms with Gasteiger partial charge in [0.2, 0.25) is 11.8 Å². The first-order valence-corrected chi connectivity index (χ1v) is 8.69. The number of rotatable bonds is 5. The number of piperidine rings is 1. The highest BCUT2D eigenvalue weighted by Gasteiger charge is 2.30. The Labute approximate surface area is 152 Å². The molecule has 1 fully saturated rings. The normalized spacial score (nSPS) is 16.6. The van der Waals surface area contributed by atoms with E-state index in [0.29, 0.717) is 32.5 Å². The molecule has 1 atom stereocenters. The maximum atomic E-state index is 12.9. The van der Waals surface area contributed by atoms with E-state index < -0.39 is 12.1 Å². The molecule has 1 aromatic carbocycles. The lowest BCUT2D eigenvalue weighted by Gasteiger charge is -2.34. The van der Waals surface area contributed by atoms with Crippen LogP contribution in [-0.4, -0.2) is 48.9 Å². The zero-order valence-corrected chi connectivity index (χ0v) is 15.0. The summed E-state index contributed by atoms with van der Waals surface area (Å²) in [6, 6.07) is 5.05. The van der Waals surface area contributed by atoms with E-state index in [9.17, 15) is 18.8 Å². The number of likely N-dealkylation sites (tertiary alicyclic amines) is 1.